The van der Waals surface area contributed by atoms with Crippen LogP contribution in [0.2, 0.25) is 0 Å². The van der Waals surface area contributed by atoms with Crippen LogP contribution in [-0.4, -0.2) is 26.5 Å². The Kier molecular flexibility index (Phi) is 3.79. The highest BCUT2D eigenvalue weighted by Gasteiger charge is 2.12. The molecule has 0 radical (unpaired) electrons. The Morgan fingerprint density at radius 2 is 2.47 bits per heavy atom. The highest BCUT2D eigenvalue weighted by Crippen LogP contribution is 1.97. The van der Waals surface area contributed by atoms with Crippen LogP contribution in [0.3, 0.4) is 0 Å². The Labute approximate surface area is 93.7 Å². The van der Waals surface area contributed by atoms with Crippen LogP contribution < -0.4 is 11.1 Å². The predicted molar refractivity (Wildman–Crippen MR) is 61.5 cm³/mol. The first kappa shape index (κ1) is 11.6. The standard InChI is InChI=1S/C9H14N4OS/c1-6(3-8(10)15)12-9(14)7-4-13(2)5-11-7/h4-6H,3H2,1-2H3,(H2,10,15)(H,12,14). The number of nitrogens with two attached hydrogens (primary N) is 1. The molecule has 1 amide bonds. The summed E-state index contributed by atoms with van der Waals surface area (Å²) in [6, 6.07) is -0.0722. The molecule has 0 aliphatic carbocycles. The molecular formula is C9H14N4OS. The molecule has 15 heavy (non-hydrogen) atoms. The molecule has 82 valence electrons. The summed E-state index contributed by atoms with van der Waals surface area (Å²) in [6.45, 7) is 1.85. The number of hydrogen-bond donors (Lipinski definition) is 2. The van der Waals surface area contributed by atoms with Gasteiger partial charge < -0.3 is 15.6 Å². The quantitative estimate of drug-likeness (QED) is 0.720. The number of imidazole rings is 1. The number of nitrogens with one attached hydrogen (secondary N) is 1. The largest absolute Gasteiger partial charge is 0.393 e. The van der Waals surface area contributed by atoms with Crippen LogP contribution in [0.5, 0.6) is 0 Å². The van der Waals surface area contributed by atoms with E-state index in [1.807, 2.05) is 14.0 Å². The molecule has 6 heteroatoms. The maximum Gasteiger partial charge on any atom is 0.271 e. The molecule has 0 saturated heterocycles. The lowest BCUT2D eigenvalue weighted by Crippen LogP contribution is -2.35. The van der Waals surface area contributed by atoms with Crippen molar-refractivity contribution in [3.05, 3.63) is 18.2 Å². The van der Waals surface area contributed by atoms with Gasteiger partial charge in [0.25, 0.3) is 5.91 Å². The number of amides is 1. The van der Waals surface area contributed by atoms with Gasteiger partial charge in [-0.05, 0) is 6.92 Å². The molecule has 1 aromatic rings. The Morgan fingerprint density at radius 1 is 1.80 bits per heavy atom. The van der Waals surface area contributed by atoms with E-state index in [4.69, 9.17) is 18.0 Å². The average Bonchev–Trinajstić information content (AvgIpc) is 2.49. The molecule has 0 aliphatic rings. The fourth-order valence-electron chi connectivity index (χ4n) is 1.18. The third-order valence-electron chi connectivity index (χ3n) is 1.82. The smallest absolute Gasteiger partial charge is 0.271 e. The van der Waals surface area contributed by atoms with Crippen LogP contribution in [0.15, 0.2) is 12.5 Å². The van der Waals surface area contributed by atoms with E-state index >= 15 is 0 Å². The first-order chi connectivity index (χ1) is 6.99. The molecular weight excluding hydrogens is 212 g/mol. The van der Waals surface area contributed by atoms with Gasteiger partial charge in [-0.25, -0.2) is 4.98 Å². The molecule has 0 aliphatic heterocycles. The van der Waals surface area contributed by atoms with Gasteiger partial charge in [0.1, 0.15) is 5.69 Å². The van der Waals surface area contributed by atoms with Crippen LogP contribution in [0.1, 0.15) is 23.8 Å². The van der Waals surface area contributed by atoms with Gasteiger partial charge in [-0.1, -0.05) is 12.2 Å². The normalized spacial score (nSPS) is 12.1. The first-order valence-electron chi connectivity index (χ1n) is 4.56. The predicted octanol–water partition coefficient (Wildman–Crippen LogP) is 0.215. The van der Waals surface area contributed by atoms with Gasteiger partial charge in [0.2, 0.25) is 0 Å². The molecule has 0 bridgehead atoms. The molecule has 3 N–H and O–H groups in total. The van der Waals surface area contributed by atoms with E-state index < -0.39 is 0 Å². The van der Waals surface area contributed by atoms with E-state index in [1.165, 1.54) is 0 Å². The van der Waals surface area contributed by atoms with E-state index in [-0.39, 0.29) is 11.9 Å². The lowest BCUT2D eigenvalue weighted by Gasteiger charge is -2.11. The number of aromatic nitrogens is 2. The van der Waals surface area contributed by atoms with Crippen molar-refractivity contribution in [3.8, 4) is 0 Å². The number of aryl methyl sites for hydroxylation is 1. The number of carbonyl (C=O) groups is 1. The minimum absolute atomic E-state index is 0.0722. The second-order valence-electron chi connectivity index (χ2n) is 3.47. The monoisotopic (exact) mass is 226 g/mol. The van der Waals surface area contributed by atoms with Crippen molar-refractivity contribution < 1.29 is 4.79 Å². The molecule has 1 aromatic heterocycles. The molecule has 1 heterocycles. The van der Waals surface area contributed by atoms with Crippen molar-refractivity contribution in [1.29, 1.82) is 0 Å². The lowest BCUT2D eigenvalue weighted by molar-refractivity contribution is 0.0936. The van der Waals surface area contributed by atoms with Gasteiger partial charge >= 0.3 is 0 Å². The van der Waals surface area contributed by atoms with Gasteiger partial charge in [0.05, 0.1) is 11.3 Å². The summed E-state index contributed by atoms with van der Waals surface area (Å²) in [4.78, 5) is 15.9. The van der Waals surface area contributed by atoms with Crippen molar-refractivity contribution in [2.75, 3.05) is 0 Å². The van der Waals surface area contributed by atoms with Gasteiger partial charge in [0.15, 0.2) is 0 Å². The summed E-state index contributed by atoms with van der Waals surface area (Å²) in [7, 11) is 1.81. The molecule has 0 spiro atoms. The van der Waals surface area contributed by atoms with E-state index in [0.29, 0.717) is 17.1 Å². The van der Waals surface area contributed by atoms with Crippen LogP contribution >= 0.6 is 12.2 Å². The van der Waals surface area contributed by atoms with Gasteiger partial charge in [-0.3, -0.25) is 4.79 Å². The molecule has 0 fully saturated rings. The molecule has 0 aromatic carbocycles. The Balaban J connectivity index is 2.52. The average molecular weight is 226 g/mol. The second kappa shape index (κ2) is 4.88. The summed E-state index contributed by atoms with van der Waals surface area (Å²) < 4.78 is 1.72. The zero-order valence-corrected chi connectivity index (χ0v) is 9.54. The van der Waals surface area contributed by atoms with E-state index in [1.54, 1.807) is 17.1 Å². The minimum Gasteiger partial charge on any atom is -0.393 e. The number of carbonyl (C=O) groups excluding carboxylic acids is 1. The van der Waals surface area contributed by atoms with Crippen molar-refractivity contribution in [2.24, 2.45) is 12.8 Å². The van der Waals surface area contributed by atoms with E-state index in [2.05, 4.69) is 10.3 Å². The van der Waals surface area contributed by atoms with Crippen molar-refractivity contribution in [3.63, 3.8) is 0 Å². The summed E-state index contributed by atoms with van der Waals surface area (Å²) in [5.74, 6) is -0.209. The van der Waals surface area contributed by atoms with Crippen LogP contribution in [0.4, 0.5) is 0 Å². The number of nitrogens with zero attached hydrogens (tertiary/aromatic N) is 2. The SMILES string of the molecule is CC(CC(N)=S)NC(=O)c1cn(C)cn1. The van der Waals surface area contributed by atoms with Gasteiger partial charge in [-0.15, -0.1) is 0 Å². The number of thiocarbonyl (C=S) groups is 1. The summed E-state index contributed by atoms with van der Waals surface area (Å²) >= 11 is 4.75. The molecule has 0 saturated carbocycles. The van der Waals surface area contributed by atoms with Crippen LogP contribution in [0, 0.1) is 0 Å². The molecule has 1 atom stereocenters. The van der Waals surface area contributed by atoms with Gasteiger partial charge in [0, 0.05) is 25.7 Å². The highest BCUT2D eigenvalue weighted by atomic mass is 32.1. The Hall–Kier alpha value is -1.43. The summed E-state index contributed by atoms with van der Waals surface area (Å²) in [5, 5.41) is 2.76. The zero-order chi connectivity index (χ0) is 11.4. The van der Waals surface area contributed by atoms with E-state index in [9.17, 15) is 4.79 Å². The number of hydrogen-bond acceptors (Lipinski definition) is 3. The second-order valence-corrected chi connectivity index (χ2v) is 3.99. The van der Waals surface area contributed by atoms with Crippen LogP contribution in [0.25, 0.3) is 0 Å². The molecule has 1 unspecified atom stereocenters. The van der Waals surface area contributed by atoms with E-state index in [0.717, 1.165) is 0 Å². The third-order valence-corrected chi connectivity index (χ3v) is 1.99. The maximum absolute atomic E-state index is 11.6. The molecule has 1 rings (SSSR count). The van der Waals surface area contributed by atoms with Crippen molar-refractivity contribution in [2.45, 2.75) is 19.4 Å². The van der Waals surface area contributed by atoms with Crippen molar-refractivity contribution >= 4 is 23.1 Å². The van der Waals surface area contributed by atoms with Gasteiger partial charge in [-0.2, -0.15) is 0 Å². The zero-order valence-electron chi connectivity index (χ0n) is 8.73. The lowest BCUT2D eigenvalue weighted by atomic mass is 10.2. The highest BCUT2D eigenvalue weighted by molar-refractivity contribution is 7.80. The first-order valence-corrected chi connectivity index (χ1v) is 4.97. The Bertz CT molecular complexity index is 374. The summed E-state index contributed by atoms with van der Waals surface area (Å²) in [6.07, 6.45) is 3.73. The fourth-order valence-corrected chi connectivity index (χ4v) is 1.43. The van der Waals surface area contributed by atoms with Crippen molar-refractivity contribution in [1.82, 2.24) is 14.9 Å². The molecule has 5 nitrogen and oxygen atoms in total. The topological polar surface area (TPSA) is 72.9 Å². The maximum atomic E-state index is 11.6. The fraction of sp³-hybridized carbons (Fsp3) is 0.444. The summed E-state index contributed by atoms with van der Waals surface area (Å²) in [5.41, 5.74) is 5.77. The number of rotatable bonds is 4. The van der Waals surface area contributed by atoms with Crippen LogP contribution in [-0.2, 0) is 7.05 Å². The minimum atomic E-state index is -0.209. The Morgan fingerprint density at radius 3 is 2.93 bits per heavy atom. The third kappa shape index (κ3) is 3.67.